The SMILES string of the molecule is OCC=Cc1ccc(Br)cc1. The molecular formula is C9H9BrO. The molecule has 0 atom stereocenters. The highest BCUT2D eigenvalue weighted by Crippen LogP contribution is 2.11. The molecule has 0 aliphatic heterocycles. The van der Waals surface area contributed by atoms with Gasteiger partial charge in [-0.05, 0) is 17.7 Å². The van der Waals surface area contributed by atoms with Crippen molar-refractivity contribution < 1.29 is 5.11 Å². The summed E-state index contributed by atoms with van der Waals surface area (Å²) in [4.78, 5) is 0. The summed E-state index contributed by atoms with van der Waals surface area (Å²) in [5, 5.41) is 8.49. The number of hydrogen-bond acceptors (Lipinski definition) is 1. The second kappa shape index (κ2) is 4.31. The van der Waals surface area contributed by atoms with E-state index in [9.17, 15) is 0 Å². The van der Waals surface area contributed by atoms with Gasteiger partial charge in [0.15, 0.2) is 0 Å². The molecule has 0 aliphatic rings. The second-order valence-electron chi connectivity index (χ2n) is 2.14. The lowest BCUT2D eigenvalue weighted by Gasteiger charge is -1.91. The molecule has 1 aromatic carbocycles. The summed E-state index contributed by atoms with van der Waals surface area (Å²) in [5.74, 6) is 0. The lowest BCUT2D eigenvalue weighted by molar-refractivity contribution is 0.343. The molecule has 1 aromatic rings. The number of halogens is 1. The third-order valence-corrected chi connectivity index (χ3v) is 1.81. The number of hydrogen-bond donors (Lipinski definition) is 1. The van der Waals surface area contributed by atoms with E-state index in [0.717, 1.165) is 10.0 Å². The summed E-state index contributed by atoms with van der Waals surface area (Å²) in [5.41, 5.74) is 1.10. The van der Waals surface area contributed by atoms with E-state index in [4.69, 9.17) is 5.11 Å². The minimum absolute atomic E-state index is 0.0933. The zero-order valence-corrected chi connectivity index (χ0v) is 7.58. The van der Waals surface area contributed by atoms with Gasteiger partial charge in [0.25, 0.3) is 0 Å². The van der Waals surface area contributed by atoms with Crippen LogP contribution in [-0.2, 0) is 0 Å². The van der Waals surface area contributed by atoms with Crippen LogP contribution in [0.1, 0.15) is 5.56 Å². The maximum atomic E-state index is 8.49. The highest BCUT2D eigenvalue weighted by molar-refractivity contribution is 9.10. The number of aliphatic hydroxyl groups is 1. The van der Waals surface area contributed by atoms with Gasteiger partial charge < -0.3 is 5.11 Å². The quantitative estimate of drug-likeness (QED) is 0.799. The predicted molar refractivity (Wildman–Crippen MR) is 50.3 cm³/mol. The molecule has 0 bridgehead atoms. The van der Waals surface area contributed by atoms with Crippen LogP contribution in [0.3, 0.4) is 0 Å². The van der Waals surface area contributed by atoms with Gasteiger partial charge in [-0.15, -0.1) is 0 Å². The van der Waals surface area contributed by atoms with Gasteiger partial charge in [0.05, 0.1) is 6.61 Å². The van der Waals surface area contributed by atoms with Crippen LogP contribution >= 0.6 is 15.9 Å². The van der Waals surface area contributed by atoms with E-state index in [1.54, 1.807) is 6.08 Å². The van der Waals surface area contributed by atoms with Gasteiger partial charge in [0, 0.05) is 4.47 Å². The monoisotopic (exact) mass is 212 g/mol. The Labute approximate surface area is 74.5 Å². The van der Waals surface area contributed by atoms with Crippen LogP contribution in [0.5, 0.6) is 0 Å². The maximum absolute atomic E-state index is 8.49. The van der Waals surface area contributed by atoms with Crippen LogP contribution in [0, 0.1) is 0 Å². The average Bonchev–Trinajstić information content (AvgIpc) is 2.04. The number of benzene rings is 1. The van der Waals surface area contributed by atoms with Crippen LogP contribution < -0.4 is 0 Å². The van der Waals surface area contributed by atoms with Crippen LogP contribution in [0.15, 0.2) is 34.8 Å². The van der Waals surface area contributed by atoms with Crippen molar-refractivity contribution in [3.63, 3.8) is 0 Å². The largest absolute Gasteiger partial charge is 0.392 e. The average molecular weight is 213 g/mol. The number of rotatable bonds is 2. The molecule has 58 valence electrons. The summed E-state index contributed by atoms with van der Waals surface area (Å²) in [6.45, 7) is 0.0933. The van der Waals surface area contributed by atoms with Gasteiger partial charge >= 0.3 is 0 Å². The third-order valence-electron chi connectivity index (χ3n) is 1.29. The Morgan fingerprint density at radius 3 is 2.45 bits per heavy atom. The van der Waals surface area contributed by atoms with E-state index >= 15 is 0 Å². The van der Waals surface area contributed by atoms with Crippen molar-refractivity contribution in [3.8, 4) is 0 Å². The fraction of sp³-hybridized carbons (Fsp3) is 0.111. The lowest BCUT2D eigenvalue weighted by Crippen LogP contribution is -1.73. The van der Waals surface area contributed by atoms with Crippen molar-refractivity contribution in [2.24, 2.45) is 0 Å². The van der Waals surface area contributed by atoms with Crippen molar-refractivity contribution in [3.05, 3.63) is 40.4 Å². The molecular weight excluding hydrogens is 204 g/mol. The van der Waals surface area contributed by atoms with E-state index in [2.05, 4.69) is 15.9 Å². The molecule has 0 aliphatic carbocycles. The predicted octanol–water partition coefficient (Wildman–Crippen LogP) is 2.45. The maximum Gasteiger partial charge on any atom is 0.0615 e. The van der Waals surface area contributed by atoms with Gasteiger partial charge in [-0.2, -0.15) is 0 Å². The first-order valence-corrected chi connectivity index (χ1v) is 4.15. The minimum atomic E-state index is 0.0933. The second-order valence-corrected chi connectivity index (χ2v) is 3.05. The molecule has 1 rings (SSSR count). The standard InChI is InChI=1S/C9H9BrO/c10-9-5-3-8(4-6-9)2-1-7-11/h1-6,11H,7H2. The highest BCUT2D eigenvalue weighted by Gasteiger charge is 1.85. The Kier molecular flexibility index (Phi) is 3.33. The van der Waals surface area contributed by atoms with Crippen molar-refractivity contribution >= 4 is 22.0 Å². The van der Waals surface area contributed by atoms with Crippen LogP contribution in [0.25, 0.3) is 6.08 Å². The zero-order valence-electron chi connectivity index (χ0n) is 6.00. The molecule has 0 aromatic heterocycles. The number of aliphatic hydroxyl groups excluding tert-OH is 1. The molecule has 0 unspecified atom stereocenters. The molecule has 0 amide bonds. The Bertz CT molecular complexity index is 238. The fourth-order valence-corrected chi connectivity index (χ4v) is 1.03. The highest BCUT2D eigenvalue weighted by atomic mass is 79.9. The molecule has 0 radical (unpaired) electrons. The smallest absolute Gasteiger partial charge is 0.0615 e. The Morgan fingerprint density at radius 1 is 1.27 bits per heavy atom. The summed E-state index contributed by atoms with van der Waals surface area (Å²) in [7, 11) is 0. The Morgan fingerprint density at radius 2 is 1.91 bits per heavy atom. The normalized spacial score (nSPS) is 10.7. The molecule has 0 fully saturated rings. The summed E-state index contributed by atoms with van der Waals surface area (Å²) < 4.78 is 1.07. The van der Waals surface area contributed by atoms with Crippen LogP contribution in [0.4, 0.5) is 0 Å². The van der Waals surface area contributed by atoms with E-state index in [0.29, 0.717) is 0 Å². The third kappa shape index (κ3) is 2.87. The van der Waals surface area contributed by atoms with Gasteiger partial charge in [-0.3, -0.25) is 0 Å². The van der Waals surface area contributed by atoms with E-state index in [1.807, 2.05) is 30.3 Å². The first-order chi connectivity index (χ1) is 5.33. The summed E-state index contributed by atoms with van der Waals surface area (Å²) in [6.07, 6.45) is 3.59. The van der Waals surface area contributed by atoms with Gasteiger partial charge in [0.2, 0.25) is 0 Å². The first kappa shape index (κ1) is 8.50. The molecule has 0 saturated heterocycles. The van der Waals surface area contributed by atoms with Crippen molar-refractivity contribution in [1.29, 1.82) is 0 Å². The van der Waals surface area contributed by atoms with Crippen LogP contribution in [-0.4, -0.2) is 11.7 Å². The van der Waals surface area contributed by atoms with Crippen LogP contribution in [0.2, 0.25) is 0 Å². The molecule has 1 N–H and O–H groups in total. The topological polar surface area (TPSA) is 20.2 Å². The summed E-state index contributed by atoms with van der Waals surface area (Å²) >= 11 is 3.34. The Balaban J connectivity index is 2.73. The molecule has 11 heavy (non-hydrogen) atoms. The van der Waals surface area contributed by atoms with Gasteiger partial charge in [0.1, 0.15) is 0 Å². The van der Waals surface area contributed by atoms with E-state index in [-0.39, 0.29) is 6.61 Å². The molecule has 1 nitrogen and oxygen atoms in total. The van der Waals surface area contributed by atoms with Gasteiger partial charge in [-0.1, -0.05) is 40.2 Å². The molecule has 0 heterocycles. The molecule has 0 spiro atoms. The minimum Gasteiger partial charge on any atom is -0.392 e. The first-order valence-electron chi connectivity index (χ1n) is 3.36. The molecule has 2 heteroatoms. The van der Waals surface area contributed by atoms with Crippen molar-refractivity contribution in [2.45, 2.75) is 0 Å². The summed E-state index contributed by atoms with van der Waals surface area (Å²) in [6, 6.07) is 7.90. The van der Waals surface area contributed by atoms with Crippen molar-refractivity contribution in [1.82, 2.24) is 0 Å². The van der Waals surface area contributed by atoms with E-state index in [1.165, 1.54) is 0 Å². The zero-order chi connectivity index (χ0) is 8.10. The lowest BCUT2D eigenvalue weighted by atomic mass is 10.2. The van der Waals surface area contributed by atoms with Gasteiger partial charge in [-0.25, -0.2) is 0 Å². The Hall–Kier alpha value is -0.600. The van der Waals surface area contributed by atoms with E-state index < -0.39 is 0 Å². The fourth-order valence-electron chi connectivity index (χ4n) is 0.763. The van der Waals surface area contributed by atoms with Crippen molar-refractivity contribution in [2.75, 3.05) is 6.61 Å². The molecule has 0 saturated carbocycles.